The van der Waals surface area contributed by atoms with Gasteiger partial charge >= 0.3 is 0 Å². The van der Waals surface area contributed by atoms with Crippen LogP contribution in [-0.4, -0.2) is 11.8 Å². The van der Waals surface area contributed by atoms with Gasteiger partial charge in [0.2, 0.25) is 11.8 Å². The number of anilines is 1. The van der Waals surface area contributed by atoms with E-state index in [1.54, 1.807) is 0 Å². The minimum Gasteiger partial charge on any atom is -0.274 e. The van der Waals surface area contributed by atoms with Crippen molar-refractivity contribution in [2.45, 2.75) is 13.3 Å². The summed E-state index contributed by atoms with van der Waals surface area (Å²) in [5.74, 6) is 1.79. The molecule has 3 heteroatoms. The molecule has 1 heterocycles. The maximum Gasteiger partial charge on any atom is 0.238 e. The topological polar surface area (TPSA) is 37.4 Å². The zero-order valence-electron chi connectivity index (χ0n) is 11.9. The molecule has 2 amide bonds. The van der Waals surface area contributed by atoms with Crippen molar-refractivity contribution in [2.75, 3.05) is 4.90 Å². The standard InChI is InChI=1S/C18H17NO2/c1-9-4-2-3-5-14(9)19-17(20)15-10-6-7-11(13-8-12(10)13)16(15)18(19)21/h2-7,10-13,15-16H,8H2,1H3/t10-,11-,12-,13-,15-,16+/m0/s1. The second-order valence-corrected chi connectivity index (χ2v) is 6.95. The van der Waals surface area contributed by atoms with Crippen LogP contribution in [0.1, 0.15) is 12.0 Å². The number of hydrogen-bond acceptors (Lipinski definition) is 2. The number of amides is 2. The predicted molar refractivity (Wildman–Crippen MR) is 78.4 cm³/mol. The summed E-state index contributed by atoms with van der Waals surface area (Å²) in [6.45, 7) is 1.96. The lowest BCUT2D eigenvalue weighted by atomic mass is 9.63. The van der Waals surface area contributed by atoms with Crippen LogP contribution in [0.15, 0.2) is 36.4 Å². The molecule has 1 aliphatic heterocycles. The number of carbonyl (C=O) groups is 2. The molecular weight excluding hydrogens is 262 g/mol. The molecule has 6 rings (SSSR count). The number of benzene rings is 1. The molecule has 6 atom stereocenters. The van der Waals surface area contributed by atoms with Gasteiger partial charge in [0.15, 0.2) is 0 Å². The highest BCUT2D eigenvalue weighted by molar-refractivity contribution is 6.23. The van der Waals surface area contributed by atoms with Gasteiger partial charge in [-0.2, -0.15) is 0 Å². The third kappa shape index (κ3) is 1.30. The lowest BCUT2D eigenvalue weighted by Gasteiger charge is -2.37. The summed E-state index contributed by atoms with van der Waals surface area (Å²) >= 11 is 0. The van der Waals surface area contributed by atoms with E-state index in [4.69, 9.17) is 0 Å². The Hall–Kier alpha value is -1.90. The minimum absolute atomic E-state index is 0.0315. The summed E-state index contributed by atoms with van der Waals surface area (Å²) < 4.78 is 0. The van der Waals surface area contributed by atoms with Gasteiger partial charge in [0, 0.05) is 0 Å². The van der Waals surface area contributed by atoms with Crippen LogP contribution >= 0.6 is 0 Å². The van der Waals surface area contributed by atoms with Gasteiger partial charge in [0.1, 0.15) is 0 Å². The molecule has 4 aliphatic carbocycles. The van der Waals surface area contributed by atoms with Crippen molar-refractivity contribution < 1.29 is 9.59 Å². The van der Waals surface area contributed by atoms with E-state index in [0.29, 0.717) is 23.7 Å². The monoisotopic (exact) mass is 279 g/mol. The Morgan fingerprint density at radius 3 is 2.10 bits per heavy atom. The van der Waals surface area contributed by atoms with Crippen LogP contribution < -0.4 is 4.90 Å². The minimum atomic E-state index is -0.101. The molecule has 1 aromatic carbocycles. The van der Waals surface area contributed by atoms with E-state index in [0.717, 1.165) is 11.3 Å². The largest absolute Gasteiger partial charge is 0.274 e. The molecule has 1 aromatic rings. The van der Waals surface area contributed by atoms with Gasteiger partial charge in [-0.25, -0.2) is 4.90 Å². The third-order valence-corrected chi connectivity index (χ3v) is 6.02. The predicted octanol–water partition coefficient (Wildman–Crippen LogP) is 2.55. The van der Waals surface area contributed by atoms with Crippen LogP contribution in [0.2, 0.25) is 0 Å². The Labute approximate surface area is 123 Å². The Balaban J connectivity index is 1.62. The molecule has 2 bridgehead atoms. The van der Waals surface area contributed by atoms with Crippen LogP contribution in [0.5, 0.6) is 0 Å². The quantitative estimate of drug-likeness (QED) is 0.585. The summed E-state index contributed by atoms with van der Waals surface area (Å²) in [4.78, 5) is 27.3. The van der Waals surface area contributed by atoms with Crippen LogP contribution in [-0.2, 0) is 9.59 Å². The number of imide groups is 1. The maximum atomic E-state index is 12.9. The first-order valence-corrected chi connectivity index (χ1v) is 7.80. The van der Waals surface area contributed by atoms with Gasteiger partial charge in [-0.05, 0) is 48.6 Å². The fraction of sp³-hybridized carbons (Fsp3) is 0.444. The molecule has 106 valence electrons. The number of para-hydroxylation sites is 1. The zero-order chi connectivity index (χ0) is 14.3. The summed E-state index contributed by atoms with van der Waals surface area (Å²) in [5.41, 5.74) is 1.76. The summed E-state index contributed by atoms with van der Waals surface area (Å²) in [7, 11) is 0. The van der Waals surface area contributed by atoms with Gasteiger partial charge in [0.25, 0.3) is 0 Å². The first-order chi connectivity index (χ1) is 10.2. The van der Waals surface area contributed by atoms with Gasteiger partial charge in [-0.1, -0.05) is 30.4 Å². The van der Waals surface area contributed by atoms with Gasteiger partial charge in [0.05, 0.1) is 17.5 Å². The first-order valence-electron chi connectivity index (χ1n) is 7.80. The number of carbonyl (C=O) groups excluding carboxylic acids is 2. The first kappa shape index (κ1) is 11.7. The van der Waals surface area contributed by atoms with E-state index >= 15 is 0 Å². The second-order valence-electron chi connectivity index (χ2n) is 6.95. The smallest absolute Gasteiger partial charge is 0.238 e. The normalized spacial score (nSPS) is 42.2. The SMILES string of the molecule is Cc1ccccc1N1C(=O)[C@@H]2[C@H]3C=C[C@@H]([C@@H]4C[C@@H]34)[C@@H]2C1=O. The van der Waals surface area contributed by atoms with Crippen molar-refractivity contribution in [3.63, 3.8) is 0 Å². The van der Waals surface area contributed by atoms with Crippen LogP contribution in [0.3, 0.4) is 0 Å². The van der Waals surface area contributed by atoms with Crippen molar-refractivity contribution in [1.29, 1.82) is 0 Å². The Bertz CT molecular complexity index is 671. The Morgan fingerprint density at radius 1 is 0.952 bits per heavy atom. The molecule has 0 spiro atoms. The average Bonchev–Trinajstić information content (AvgIpc) is 3.26. The van der Waals surface area contributed by atoms with Gasteiger partial charge in [-0.15, -0.1) is 0 Å². The van der Waals surface area contributed by atoms with E-state index in [2.05, 4.69) is 12.2 Å². The Kier molecular flexibility index (Phi) is 2.04. The maximum absolute atomic E-state index is 12.9. The van der Waals surface area contributed by atoms with Crippen molar-refractivity contribution >= 4 is 17.5 Å². The molecule has 5 aliphatic rings. The number of rotatable bonds is 1. The molecule has 21 heavy (non-hydrogen) atoms. The van der Waals surface area contributed by atoms with E-state index < -0.39 is 0 Å². The van der Waals surface area contributed by atoms with E-state index in [-0.39, 0.29) is 23.7 Å². The highest BCUT2D eigenvalue weighted by atomic mass is 16.2. The van der Waals surface area contributed by atoms with Gasteiger partial charge in [-0.3, -0.25) is 9.59 Å². The Morgan fingerprint density at radius 2 is 1.52 bits per heavy atom. The fourth-order valence-electron chi connectivity index (χ4n) is 5.01. The van der Waals surface area contributed by atoms with Gasteiger partial charge < -0.3 is 0 Å². The molecule has 0 N–H and O–H groups in total. The number of nitrogens with zero attached hydrogens (tertiary/aromatic N) is 1. The van der Waals surface area contributed by atoms with E-state index in [9.17, 15) is 9.59 Å². The summed E-state index contributed by atoms with van der Waals surface area (Å²) in [6, 6.07) is 7.69. The lowest BCUT2D eigenvalue weighted by molar-refractivity contribution is -0.124. The average molecular weight is 279 g/mol. The molecule has 0 unspecified atom stereocenters. The summed E-state index contributed by atoms with van der Waals surface area (Å²) in [6.07, 6.45) is 5.64. The van der Waals surface area contributed by atoms with E-state index in [1.807, 2.05) is 31.2 Å². The molecule has 3 nitrogen and oxygen atoms in total. The molecule has 0 radical (unpaired) electrons. The van der Waals surface area contributed by atoms with Crippen LogP contribution in [0, 0.1) is 42.4 Å². The lowest BCUT2D eigenvalue weighted by Crippen LogP contribution is -2.40. The second kappa shape index (κ2) is 3.65. The van der Waals surface area contributed by atoms with Crippen molar-refractivity contribution in [1.82, 2.24) is 0 Å². The van der Waals surface area contributed by atoms with Crippen molar-refractivity contribution in [3.8, 4) is 0 Å². The van der Waals surface area contributed by atoms with Crippen molar-refractivity contribution in [2.24, 2.45) is 35.5 Å². The van der Waals surface area contributed by atoms with Crippen molar-refractivity contribution in [3.05, 3.63) is 42.0 Å². The summed E-state index contributed by atoms with van der Waals surface area (Å²) in [5, 5.41) is 0. The molecular formula is C18H17NO2. The molecule has 1 saturated heterocycles. The zero-order valence-corrected chi connectivity index (χ0v) is 11.9. The van der Waals surface area contributed by atoms with Crippen LogP contribution in [0.4, 0.5) is 5.69 Å². The fourth-order valence-corrected chi connectivity index (χ4v) is 5.01. The number of allylic oxidation sites excluding steroid dienone is 2. The third-order valence-electron chi connectivity index (χ3n) is 6.02. The highest BCUT2D eigenvalue weighted by Gasteiger charge is 2.67. The van der Waals surface area contributed by atoms with Crippen LogP contribution in [0.25, 0.3) is 0 Å². The molecule has 3 fully saturated rings. The van der Waals surface area contributed by atoms with E-state index in [1.165, 1.54) is 11.3 Å². The highest BCUT2D eigenvalue weighted by Crippen LogP contribution is 2.65. The number of hydrogen-bond donors (Lipinski definition) is 0. The molecule has 2 saturated carbocycles. The molecule has 0 aromatic heterocycles. The number of aryl methyl sites for hydroxylation is 1.